The highest BCUT2D eigenvalue weighted by molar-refractivity contribution is 7.26. The number of nitrogens with zero attached hydrogens (tertiary/aromatic N) is 2. The molecule has 0 aliphatic heterocycles. The van der Waals surface area contributed by atoms with Crippen LogP contribution < -0.4 is 0 Å². The largest absolute Gasteiger partial charge is 0.228 e. The maximum Gasteiger partial charge on any atom is 0.160 e. The van der Waals surface area contributed by atoms with Gasteiger partial charge in [0.15, 0.2) is 5.82 Å². The van der Waals surface area contributed by atoms with Gasteiger partial charge < -0.3 is 0 Å². The predicted octanol–water partition coefficient (Wildman–Crippen LogP) is 12.3. The van der Waals surface area contributed by atoms with E-state index in [9.17, 15) is 0 Å². The van der Waals surface area contributed by atoms with Crippen LogP contribution >= 0.6 is 11.3 Å². The summed E-state index contributed by atoms with van der Waals surface area (Å²) in [6.07, 6.45) is 0. The van der Waals surface area contributed by atoms with Crippen LogP contribution in [-0.4, -0.2) is 9.97 Å². The summed E-state index contributed by atoms with van der Waals surface area (Å²) >= 11 is 1.88. The van der Waals surface area contributed by atoms with Crippen LogP contribution in [0.5, 0.6) is 0 Å². The van der Waals surface area contributed by atoms with Crippen molar-refractivity contribution in [3.8, 4) is 56.2 Å². The summed E-state index contributed by atoms with van der Waals surface area (Å²) in [5.74, 6) is 0.715. The smallest absolute Gasteiger partial charge is 0.160 e. The van der Waals surface area contributed by atoms with E-state index in [0.29, 0.717) is 5.82 Å². The van der Waals surface area contributed by atoms with Crippen molar-refractivity contribution < 1.29 is 0 Å². The molecule has 2 heterocycles. The van der Waals surface area contributed by atoms with Gasteiger partial charge in [-0.15, -0.1) is 11.3 Å². The minimum Gasteiger partial charge on any atom is -0.228 e. The van der Waals surface area contributed by atoms with Crippen molar-refractivity contribution >= 4 is 42.3 Å². The molecule has 0 saturated heterocycles. The summed E-state index contributed by atoms with van der Waals surface area (Å²) in [6, 6.07) is 60.3. The molecule has 2 nitrogen and oxygen atoms in total. The van der Waals surface area contributed by atoms with Crippen molar-refractivity contribution in [1.29, 1.82) is 0 Å². The van der Waals surface area contributed by atoms with Gasteiger partial charge in [0, 0.05) is 36.9 Å². The van der Waals surface area contributed by atoms with Gasteiger partial charge in [-0.1, -0.05) is 140 Å². The number of aromatic nitrogens is 2. The van der Waals surface area contributed by atoms with Crippen molar-refractivity contribution in [3.05, 3.63) is 170 Å². The molecule has 7 aromatic carbocycles. The highest BCUT2D eigenvalue weighted by atomic mass is 32.1. The molecule has 0 aliphatic rings. The Bertz CT molecular complexity index is 2500. The first-order chi connectivity index (χ1) is 23.3. The Morgan fingerprint density at radius 3 is 1.66 bits per heavy atom. The number of rotatable bonds is 5. The van der Waals surface area contributed by atoms with Crippen molar-refractivity contribution in [3.63, 3.8) is 0 Å². The van der Waals surface area contributed by atoms with E-state index in [2.05, 4.69) is 146 Å². The molecule has 0 unspecified atom stereocenters. The van der Waals surface area contributed by atoms with E-state index < -0.39 is 0 Å². The lowest BCUT2D eigenvalue weighted by Crippen LogP contribution is -1.96. The van der Waals surface area contributed by atoms with Gasteiger partial charge in [-0.3, -0.25) is 0 Å². The topological polar surface area (TPSA) is 25.8 Å². The molecule has 220 valence electrons. The first-order valence-corrected chi connectivity index (χ1v) is 16.6. The summed E-state index contributed by atoms with van der Waals surface area (Å²) in [6.45, 7) is 0. The van der Waals surface area contributed by atoms with Crippen LogP contribution in [0, 0.1) is 0 Å². The molecule has 0 saturated carbocycles. The lowest BCUT2D eigenvalue weighted by Gasteiger charge is -2.13. The quantitative estimate of drug-likeness (QED) is 0.192. The Morgan fingerprint density at radius 2 is 0.915 bits per heavy atom. The van der Waals surface area contributed by atoms with Gasteiger partial charge in [-0.05, 0) is 63.4 Å². The first-order valence-electron chi connectivity index (χ1n) is 15.8. The second-order valence-electron chi connectivity index (χ2n) is 11.8. The van der Waals surface area contributed by atoms with Crippen molar-refractivity contribution in [1.82, 2.24) is 9.97 Å². The van der Waals surface area contributed by atoms with Crippen LogP contribution in [0.2, 0.25) is 0 Å². The van der Waals surface area contributed by atoms with Crippen molar-refractivity contribution in [2.45, 2.75) is 0 Å². The number of fused-ring (bicyclic) bond motifs is 5. The van der Waals surface area contributed by atoms with Gasteiger partial charge in [-0.25, -0.2) is 9.97 Å². The monoisotopic (exact) mass is 616 g/mol. The van der Waals surface area contributed by atoms with Gasteiger partial charge in [0.2, 0.25) is 0 Å². The lowest BCUT2D eigenvalue weighted by molar-refractivity contribution is 1.18. The molecule has 0 aliphatic carbocycles. The highest BCUT2D eigenvalue weighted by Gasteiger charge is 2.15. The molecule has 2 aromatic heterocycles. The van der Waals surface area contributed by atoms with Crippen LogP contribution in [0.1, 0.15) is 0 Å². The van der Waals surface area contributed by atoms with E-state index in [4.69, 9.17) is 9.97 Å². The fraction of sp³-hybridized carbons (Fsp3) is 0. The fourth-order valence-electron chi connectivity index (χ4n) is 6.49. The van der Waals surface area contributed by atoms with Crippen molar-refractivity contribution in [2.75, 3.05) is 0 Å². The maximum absolute atomic E-state index is 5.17. The van der Waals surface area contributed by atoms with Crippen LogP contribution in [0.3, 0.4) is 0 Å². The van der Waals surface area contributed by atoms with E-state index in [1.165, 1.54) is 42.1 Å². The standard InChI is InChI=1S/C44H28N2S/c1-4-12-29(13-5-1)34-24-35(33-21-22-38-39-23-20-30-14-10-11-19-37(30)43(39)47-42(38)27-33)26-36(25-34)41-28-40(31-15-6-2-7-16-31)45-44(46-41)32-17-8-3-9-18-32/h1-28H. The minimum atomic E-state index is 0.715. The molecule has 9 rings (SSSR count). The lowest BCUT2D eigenvalue weighted by atomic mass is 9.94. The van der Waals surface area contributed by atoms with Crippen LogP contribution in [0.15, 0.2) is 170 Å². The first kappa shape index (κ1) is 27.4. The Labute approximate surface area is 277 Å². The molecule has 0 amide bonds. The third-order valence-corrected chi connectivity index (χ3v) is 10.1. The maximum atomic E-state index is 5.17. The van der Waals surface area contributed by atoms with E-state index in [1.54, 1.807) is 0 Å². The average molecular weight is 617 g/mol. The van der Waals surface area contributed by atoms with Crippen LogP contribution in [-0.2, 0) is 0 Å². The molecule has 0 radical (unpaired) electrons. The molecule has 0 N–H and O–H groups in total. The molecule has 0 bridgehead atoms. The third kappa shape index (κ3) is 5.07. The Kier molecular flexibility index (Phi) is 6.69. The molecule has 3 heteroatoms. The molecular formula is C44H28N2S. The molecular weight excluding hydrogens is 589 g/mol. The molecule has 0 fully saturated rings. The summed E-state index contributed by atoms with van der Waals surface area (Å²) in [4.78, 5) is 10.2. The third-order valence-electron chi connectivity index (χ3n) is 8.86. The predicted molar refractivity (Wildman–Crippen MR) is 200 cm³/mol. The normalized spacial score (nSPS) is 11.4. The highest BCUT2D eigenvalue weighted by Crippen LogP contribution is 2.41. The zero-order valence-corrected chi connectivity index (χ0v) is 26.3. The van der Waals surface area contributed by atoms with E-state index in [1.807, 2.05) is 35.6 Å². The number of hydrogen-bond acceptors (Lipinski definition) is 3. The Balaban J connectivity index is 1.25. The summed E-state index contributed by atoms with van der Waals surface area (Å²) in [7, 11) is 0. The molecule has 9 aromatic rings. The number of hydrogen-bond donors (Lipinski definition) is 0. The van der Waals surface area contributed by atoms with Gasteiger partial charge in [-0.2, -0.15) is 0 Å². The Hall–Kier alpha value is -5.90. The van der Waals surface area contributed by atoms with Gasteiger partial charge in [0.25, 0.3) is 0 Å². The van der Waals surface area contributed by atoms with Gasteiger partial charge in [0.1, 0.15) is 0 Å². The second kappa shape index (κ2) is 11.5. The van der Waals surface area contributed by atoms with E-state index in [-0.39, 0.29) is 0 Å². The summed E-state index contributed by atoms with van der Waals surface area (Å²) in [5, 5.41) is 5.21. The number of thiophene rings is 1. The van der Waals surface area contributed by atoms with Gasteiger partial charge >= 0.3 is 0 Å². The minimum absolute atomic E-state index is 0.715. The Morgan fingerprint density at radius 1 is 0.340 bits per heavy atom. The SMILES string of the molecule is c1ccc(-c2cc(-c3ccc4c(c3)sc3c5ccccc5ccc43)cc(-c3cc(-c4ccccc4)nc(-c4ccccc4)n3)c2)cc1. The zero-order chi connectivity index (χ0) is 31.2. The molecule has 47 heavy (non-hydrogen) atoms. The fourth-order valence-corrected chi connectivity index (χ4v) is 7.77. The molecule has 0 spiro atoms. The number of benzene rings is 7. The zero-order valence-electron chi connectivity index (χ0n) is 25.5. The summed E-state index contributed by atoms with van der Waals surface area (Å²) < 4.78 is 2.64. The van der Waals surface area contributed by atoms with E-state index in [0.717, 1.165) is 39.2 Å². The summed E-state index contributed by atoms with van der Waals surface area (Å²) in [5.41, 5.74) is 9.59. The second-order valence-corrected chi connectivity index (χ2v) is 12.9. The van der Waals surface area contributed by atoms with Crippen molar-refractivity contribution in [2.24, 2.45) is 0 Å². The van der Waals surface area contributed by atoms with Crippen LogP contribution in [0.4, 0.5) is 0 Å². The molecule has 0 atom stereocenters. The van der Waals surface area contributed by atoms with Crippen LogP contribution in [0.25, 0.3) is 87.1 Å². The van der Waals surface area contributed by atoms with Gasteiger partial charge in [0.05, 0.1) is 11.4 Å². The average Bonchev–Trinajstić information content (AvgIpc) is 3.54. The van der Waals surface area contributed by atoms with E-state index >= 15 is 0 Å².